The number of aliphatic hydroxyl groups excluding tert-OH is 2. The lowest BCUT2D eigenvalue weighted by molar-refractivity contribution is -0.142. The number of phenolic OH excluding ortho intramolecular Hbond substituents is 1. The predicted octanol–water partition coefficient (Wildman–Crippen LogP) is -4.79. The van der Waals surface area contributed by atoms with Crippen LogP contribution in [-0.4, -0.2) is 170 Å². The molecule has 0 fully saturated rings. The van der Waals surface area contributed by atoms with Gasteiger partial charge in [-0.05, 0) is 82.5 Å². The highest BCUT2D eigenvalue weighted by molar-refractivity contribution is 5.99. The zero-order valence-electron chi connectivity index (χ0n) is 43.9. The van der Waals surface area contributed by atoms with Gasteiger partial charge in [0.25, 0.3) is 0 Å². The Labute approximate surface area is 445 Å². The zero-order chi connectivity index (χ0) is 57.9. The van der Waals surface area contributed by atoms with Crippen molar-refractivity contribution in [3.05, 3.63) is 48.0 Å². The molecule has 2 aromatic rings. The van der Waals surface area contributed by atoms with Crippen LogP contribution in [-0.2, 0) is 60.8 Å². The van der Waals surface area contributed by atoms with Gasteiger partial charge in [-0.2, -0.15) is 0 Å². The number of guanidine groups is 1. The molecule has 9 amide bonds. The Balaban J connectivity index is 2.51. The van der Waals surface area contributed by atoms with E-state index in [1.165, 1.54) is 50.6 Å². The van der Waals surface area contributed by atoms with Crippen molar-refractivity contribution in [2.75, 3.05) is 19.7 Å². The first-order valence-electron chi connectivity index (χ1n) is 25.0. The summed E-state index contributed by atoms with van der Waals surface area (Å²) >= 11 is 0. The van der Waals surface area contributed by atoms with Crippen LogP contribution in [0.15, 0.2) is 36.8 Å². The number of aromatic hydroxyl groups is 1. The van der Waals surface area contributed by atoms with E-state index in [1.54, 1.807) is 13.8 Å². The molecule has 0 aliphatic carbocycles. The van der Waals surface area contributed by atoms with Gasteiger partial charge >= 0.3 is 5.97 Å². The smallest absolute Gasteiger partial charge is 0.305 e. The number of rotatable bonds is 35. The molecule has 0 bridgehead atoms. The second-order valence-electron chi connectivity index (χ2n) is 18.9. The summed E-state index contributed by atoms with van der Waals surface area (Å²) in [4.78, 5) is 141. The molecule has 0 unspecified atom stereocenters. The van der Waals surface area contributed by atoms with Gasteiger partial charge in [-0.15, -0.1) is 0 Å². The second-order valence-corrected chi connectivity index (χ2v) is 18.9. The molecule has 0 aliphatic rings. The lowest BCUT2D eigenvalue weighted by Crippen LogP contribution is -2.61. The van der Waals surface area contributed by atoms with Crippen molar-refractivity contribution in [3.63, 3.8) is 0 Å². The number of nitrogens with zero attached hydrogens (tertiary/aromatic N) is 1. The second kappa shape index (κ2) is 33.2. The van der Waals surface area contributed by atoms with E-state index in [4.69, 9.17) is 22.6 Å². The summed E-state index contributed by atoms with van der Waals surface area (Å²) in [5.41, 5.74) is 17.6. The maximum absolute atomic E-state index is 14.5. The Kier molecular flexibility index (Phi) is 28.1. The van der Waals surface area contributed by atoms with Crippen molar-refractivity contribution >= 4 is 65.1 Å². The van der Waals surface area contributed by atoms with Gasteiger partial charge in [-0.1, -0.05) is 32.9 Å². The van der Waals surface area contributed by atoms with E-state index in [9.17, 15) is 68.4 Å². The van der Waals surface area contributed by atoms with Crippen molar-refractivity contribution in [2.45, 2.75) is 147 Å². The van der Waals surface area contributed by atoms with Crippen LogP contribution < -0.4 is 65.1 Å². The first-order chi connectivity index (χ1) is 36.3. The van der Waals surface area contributed by atoms with Crippen molar-refractivity contribution in [3.8, 4) is 5.75 Å². The first-order valence-corrected chi connectivity index (χ1v) is 25.0. The lowest BCUT2D eigenvalue weighted by Gasteiger charge is -2.28. The van der Waals surface area contributed by atoms with E-state index in [0.717, 1.165) is 6.92 Å². The van der Waals surface area contributed by atoms with Crippen LogP contribution in [0.5, 0.6) is 5.75 Å². The summed E-state index contributed by atoms with van der Waals surface area (Å²) in [6.45, 7) is 7.03. The number of benzene rings is 1. The van der Waals surface area contributed by atoms with E-state index < -0.39 is 133 Å². The summed E-state index contributed by atoms with van der Waals surface area (Å²) < 4.78 is 0. The Morgan fingerprint density at radius 3 is 1.70 bits per heavy atom. The first kappa shape index (κ1) is 65.2. The monoisotopic (exact) mass is 1090 g/mol. The topological polar surface area (TPSA) is 490 Å². The van der Waals surface area contributed by atoms with Crippen molar-refractivity contribution in [2.24, 2.45) is 29.0 Å². The number of carboxylic acids is 1. The Bertz CT molecular complexity index is 2300. The van der Waals surface area contributed by atoms with Gasteiger partial charge in [-0.25, -0.2) is 4.98 Å². The summed E-state index contributed by atoms with van der Waals surface area (Å²) in [6, 6.07) is -6.47. The predicted molar refractivity (Wildman–Crippen MR) is 276 cm³/mol. The third kappa shape index (κ3) is 24.1. The van der Waals surface area contributed by atoms with Gasteiger partial charge in [-0.3, -0.25) is 53.4 Å². The highest BCUT2D eigenvalue weighted by atomic mass is 16.4. The fourth-order valence-electron chi connectivity index (χ4n) is 7.37. The van der Waals surface area contributed by atoms with Gasteiger partial charge in [0.05, 0.1) is 37.1 Å². The molecule has 21 N–H and O–H groups in total. The van der Waals surface area contributed by atoms with Gasteiger partial charge in [0.15, 0.2) is 5.96 Å². The zero-order valence-corrected chi connectivity index (χ0v) is 43.9. The maximum atomic E-state index is 14.5. The number of aromatic nitrogens is 2. The fraction of sp³-hybridized carbons (Fsp3) is 0.583. The van der Waals surface area contributed by atoms with Crippen molar-refractivity contribution in [1.82, 2.24) is 57.8 Å². The molecule has 0 aliphatic heterocycles. The average molecular weight is 1090 g/mol. The van der Waals surface area contributed by atoms with Crippen LogP contribution in [0.1, 0.15) is 90.8 Å². The number of H-pyrrole nitrogens is 1. The molecule has 1 aromatic heterocycles. The quantitative estimate of drug-likeness (QED) is 0.0175. The van der Waals surface area contributed by atoms with Crippen LogP contribution in [0, 0.1) is 17.2 Å². The number of carbonyl (C=O) groups is 10. The number of amides is 9. The molecule has 0 radical (unpaired) electrons. The number of unbranched alkanes of at least 4 members (excludes halogenated alkanes) is 1. The number of nitrogens with two attached hydrogens (primary N) is 3. The molecule has 29 nitrogen and oxygen atoms in total. The minimum Gasteiger partial charge on any atom is -0.508 e. The summed E-state index contributed by atoms with van der Waals surface area (Å²) in [5, 5.41) is 69.3. The molecule has 0 saturated carbocycles. The van der Waals surface area contributed by atoms with Crippen LogP contribution >= 0.6 is 0 Å². The maximum Gasteiger partial charge on any atom is 0.305 e. The molecule has 428 valence electrons. The van der Waals surface area contributed by atoms with E-state index in [1.807, 2.05) is 0 Å². The number of aliphatic carboxylic acids is 1. The molecule has 0 spiro atoms. The van der Waals surface area contributed by atoms with Crippen LogP contribution in [0.3, 0.4) is 0 Å². The molecule has 2 rings (SSSR count). The summed E-state index contributed by atoms with van der Waals surface area (Å²) in [5.74, 6) is -11.7. The number of carbonyl (C=O) groups excluding carboxylic acids is 9. The largest absolute Gasteiger partial charge is 0.508 e. The fourth-order valence-corrected chi connectivity index (χ4v) is 7.37. The molecule has 0 saturated heterocycles. The van der Waals surface area contributed by atoms with Gasteiger partial charge < -0.3 is 90.5 Å². The van der Waals surface area contributed by atoms with Gasteiger partial charge in [0.2, 0.25) is 53.2 Å². The highest BCUT2D eigenvalue weighted by Gasteiger charge is 2.36. The number of aliphatic hydroxyl groups is 2. The lowest BCUT2D eigenvalue weighted by atomic mass is 10.0. The number of hydrogen-bond donors (Lipinski definition) is 18. The standard InChI is InChI=1S/C48H77N15O14/c1-24(2)17-34(44(74)59-33(39(50)69)19-29-21-53-23-55-29)60-43(73)32(10-8-16-54-48(51)52)58-45(75)35(18-28-11-13-30(66)14-12-28)61-42(72)31(9-6-7-15-49)57-46(76)36(20-37(67)68)62-47(77)38(27(5)65)63-41(71)26(4)56-40(70)25(3)22-64/h11-14,21,23-27,31-36,38,64-66H,6-10,15-20,22,49H2,1-5H3,(H2,50,69)(H,53,55)(H,56,70)(H,57,76)(H,58,75)(H,59,74)(H,60,73)(H,61,72)(H,62,77)(H,63,71)(H,67,68)(H4,51,52,54)/t25-,26-,27+,31-,32-,33-,34-,35-,36-,38-/m0/s1. The minimum atomic E-state index is -1.93. The van der Waals surface area contributed by atoms with E-state index in [0.29, 0.717) is 17.7 Å². The number of hydrogen-bond acceptors (Lipinski definition) is 16. The third-order valence-corrected chi connectivity index (χ3v) is 11.7. The van der Waals surface area contributed by atoms with Gasteiger partial charge in [0, 0.05) is 25.6 Å². The third-order valence-electron chi connectivity index (χ3n) is 11.7. The van der Waals surface area contributed by atoms with Crippen LogP contribution in [0.4, 0.5) is 0 Å². The Morgan fingerprint density at radius 1 is 0.649 bits per heavy atom. The minimum absolute atomic E-state index is 0.0653. The number of imidazole rings is 1. The molecule has 1 aromatic carbocycles. The van der Waals surface area contributed by atoms with Crippen molar-refractivity contribution < 1.29 is 68.4 Å². The Morgan fingerprint density at radius 2 is 1.18 bits per heavy atom. The number of aromatic amines is 1. The number of primary amides is 1. The molecule has 29 heteroatoms. The molecular weight excluding hydrogens is 1010 g/mol. The van der Waals surface area contributed by atoms with Gasteiger partial charge in [0.1, 0.15) is 54.1 Å². The van der Waals surface area contributed by atoms with Crippen LogP contribution in [0.2, 0.25) is 0 Å². The molecule has 77 heavy (non-hydrogen) atoms. The number of phenols is 1. The summed E-state index contributed by atoms with van der Waals surface area (Å²) in [7, 11) is 0. The van der Waals surface area contributed by atoms with E-state index >= 15 is 0 Å². The Hall–Kier alpha value is -7.92. The number of nitrogens with one attached hydrogen (secondary N) is 11. The van der Waals surface area contributed by atoms with E-state index in [-0.39, 0.29) is 75.7 Å². The normalized spacial score (nSPS) is 15.0. The number of carboxylic acid groups (broad SMARTS) is 1. The molecular formula is C48H77N15O14. The highest BCUT2D eigenvalue weighted by Crippen LogP contribution is 2.14. The molecule has 10 atom stereocenters. The van der Waals surface area contributed by atoms with Crippen LogP contribution in [0.25, 0.3) is 0 Å². The average Bonchev–Trinajstić information content (AvgIpc) is 3.88. The van der Waals surface area contributed by atoms with Crippen molar-refractivity contribution in [1.29, 1.82) is 5.41 Å². The SMILES string of the molecule is CC(C)C[C@H](NC(=O)[C@H](CCCNC(=N)N)NC(=O)[C@H](Cc1ccc(O)cc1)NC(=O)[C@H](CCCCN)NC(=O)[C@H](CC(=O)O)NC(=O)[C@@H](NC(=O)[C@H](C)NC(=O)[C@@H](C)CO)[C@@H](C)O)C(=O)N[C@@H](Cc1c[nH]cn1)C(N)=O. The van der Waals surface area contributed by atoms with E-state index in [2.05, 4.69) is 57.8 Å². The molecule has 1 heterocycles. The summed E-state index contributed by atoms with van der Waals surface area (Å²) in [6.07, 6.45) is 0.295.